The highest BCUT2D eigenvalue weighted by Crippen LogP contribution is 2.18. The zero-order chi connectivity index (χ0) is 14.4. The molecular formula is C15H20N2O3. The number of aliphatic hydroxyl groups is 1. The average molecular weight is 276 g/mol. The van der Waals surface area contributed by atoms with Gasteiger partial charge in [0.1, 0.15) is 11.3 Å². The van der Waals surface area contributed by atoms with Crippen molar-refractivity contribution in [2.75, 3.05) is 13.2 Å². The van der Waals surface area contributed by atoms with E-state index in [9.17, 15) is 4.79 Å². The maximum Gasteiger partial charge on any atom is 0.315 e. The summed E-state index contributed by atoms with van der Waals surface area (Å²) in [6.45, 7) is 2.36. The second kappa shape index (κ2) is 6.96. The van der Waals surface area contributed by atoms with Crippen LogP contribution in [0.2, 0.25) is 0 Å². The Bertz CT molecular complexity index is 528. The van der Waals surface area contributed by atoms with Crippen LogP contribution >= 0.6 is 0 Å². The second-order valence-corrected chi connectivity index (χ2v) is 4.69. The molecule has 0 saturated heterocycles. The summed E-state index contributed by atoms with van der Waals surface area (Å²) in [4.78, 5) is 11.6. The predicted molar refractivity (Wildman–Crippen MR) is 77.6 cm³/mol. The van der Waals surface area contributed by atoms with Crippen molar-refractivity contribution in [3.63, 3.8) is 0 Å². The number of rotatable bonds is 6. The van der Waals surface area contributed by atoms with Crippen molar-refractivity contribution in [2.24, 2.45) is 0 Å². The summed E-state index contributed by atoms with van der Waals surface area (Å²) < 4.78 is 5.66. The summed E-state index contributed by atoms with van der Waals surface area (Å²) in [6.07, 6.45) is 1.34. The molecule has 5 nitrogen and oxygen atoms in total. The molecule has 2 rings (SSSR count). The molecule has 2 aromatic rings. The van der Waals surface area contributed by atoms with Gasteiger partial charge in [-0.05, 0) is 18.6 Å². The quantitative estimate of drug-likeness (QED) is 0.756. The molecule has 0 bridgehead atoms. The molecule has 5 heteroatoms. The Morgan fingerprint density at radius 2 is 2.20 bits per heavy atom. The minimum atomic E-state index is -0.262. The first kappa shape index (κ1) is 14.4. The van der Waals surface area contributed by atoms with Crippen LogP contribution in [0, 0.1) is 0 Å². The van der Waals surface area contributed by atoms with Gasteiger partial charge in [0, 0.05) is 18.4 Å². The third-order valence-electron chi connectivity index (χ3n) is 3.18. The summed E-state index contributed by atoms with van der Waals surface area (Å²) in [5.74, 6) is 0.848. The van der Waals surface area contributed by atoms with Gasteiger partial charge in [-0.3, -0.25) is 0 Å². The number of hydrogen-bond acceptors (Lipinski definition) is 3. The fourth-order valence-corrected chi connectivity index (χ4v) is 1.97. The molecule has 1 atom stereocenters. The lowest BCUT2D eigenvalue weighted by atomic mass is 10.2. The molecule has 0 spiro atoms. The van der Waals surface area contributed by atoms with Crippen LogP contribution in [0.15, 0.2) is 34.7 Å². The molecule has 0 radical (unpaired) electrons. The van der Waals surface area contributed by atoms with Crippen molar-refractivity contribution in [2.45, 2.75) is 25.8 Å². The monoisotopic (exact) mass is 276 g/mol. The first-order valence-electron chi connectivity index (χ1n) is 6.85. The van der Waals surface area contributed by atoms with Gasteiger partial charge in [-0.2, -0.15) is 0 Å². The molecule has 0 saturated carbocycles. The number of carbonyl (C=O) groups is 1. The number of nitrogens with one attached hydrogen (secondary N) is 2. The molecule has 3 N–H and O–H groups in total. The highest BCUT2D eigenvalue weighted by molar-refractivity contribution is 5.77. The van der Waals surface area contributed by atoms with Gasteiger partial charge < -0.3 is 20.2 Å². The fourth-order valence-electron chi connectivity index (χ4n) is 1.97. The van der Waals surface area contributed by atoms with Crippen LogP contribution in [0.5, 0.6) is 0 Å². The van der Waals surface area contributed by atoms with Crippen LogP contribution in [0.3, 0.4) is 0 Å². The van der Waals surface area contributed by atoms with Crippen LogP contribution in [0.25, 0.3) is 11.0 Å². The van der Waals surface area contributed by atoms with E-state index in [0.29, 0.717) is 19.4 Å². The van der Waals surface area contributed by atoms with Gasteiger partial charge in [0.05, 0.1) is 12.6 Å². The van der Waals surface area contributed by atoms with Crippen LogP contribution in [0.4, 0.5) is 4.79 Å². The average Bonchev–Trinajstić information content (AvgIpc) is 2.87. The van der Waals surface area contributed by atoms with Gasteiger partial charge >= 0.3 is 6.03 Å². The van der Waals surface area contributed by atoms with E-state index in [1.54, 1.807) is 0 Å². The van der Waals surface area contributed by atoms with E-state index >= 15 is 0 Å². The summed E-state index contributed by atoms with van der Waals surface area (Å²) in [5.41, 5.74) is 0.860. The SMILES string of the molecule is CCC(CO)NC(=O)NCCc1cc2ccccc2o1. The van der Waals surface area contributed by atoms with Crippen LogP contribution in [-0.2, 0) is 6.42 Å². The zero-order valence-electron chi connectivity index (χ0n) is 11.6. The summed E-state index contributed by atoms with van der Waals surface area (Å²) in [6, 6.07) is 9.34. The Balaban J connectivity index is 1.79. The van der Waals surface area contributed by atoms with Crippen molar-refractivity contribution >= 4 is 17.0 Å². The Kier molecular flexibility index (Phi) is 5.01. The molecule has 1 aromatic carbocycles. The molecule has 108 valence electrons. The largest absolute Gasteiger partial charge is 0.461 e. The van der Waals surface area contributed by atoms with Crippen molar-refractivity contribution in [3.8, 4) is 0 Å². The van der Waals surface area contributed by atoms with E-state index < -0.39 is 0 Å². The van der Waals surface area contributed by atoms with Crippen LogP contribution in [-0.4, -0.2) is 30.3 Å². The Morgan fingerprint density at radius 3 is 2.90 bits per heavy atom. The third-order valence-corrected chi connectivity index (χ3v) is 3.18. The maximum atomic E-state index is 11.6. The topological polar surface area (TPSA) is 74.5 Å². The minimum absolute atomic E-state index is 0.0481. The molecule has 0 aliphatic rings. The van der Waals surface area contributed by atoms with E-state index in [4.69, 9.17) is 9.52 Å². The maximum absolute atomic E-state index is 11.6. The smallest absolute Gasteiger partial charge is 0.315 e. The van der Waals surface area contributed by atoms with Gasteiger partial charge in [-0.25, -0.2) is 4.79 Å². The lowest BCUT2D eigenvalue weighted by Crippen LogP contribution is -2.44. The number of carbonyl (C=O) groups excluding carboxylic acids is 1. The number of urea groups is 1. The molecule has 0 aliphatic heterocycles. The Morgan fingerprint density at radius 1 is 1.40 bits per heavy atom. The van der Waals surface area contributed by atoms with Gasteiger partial charge in [-0.15, -0.1) is 0 Å². The second-order valence-electron chi connectivity index (χ2n) is 4.69. The van der Waals surface area contributed by atoms with Crippen molar-refractivity contribution in [1.82, 2.24) is 10.6 Å². The lowest BCUT2D eigenvalue weighted by molar-refractivity contribution is 0.214. The molecule has 0 aliphatic carbocycles. The number of amides is 2. The zero-order valence-corrected chi connectivity index (χ0v) is 11.6. The molecule has 1 heterocycles. The van der Waals surface area contributed by atoms with Crippen LogP contribution in [0.1, 0.15) is 19.1 Å². The summed E-state index contributed by atoms with van der Waals surface area (Å²) >= 11 is 0. The van der Waals surface area contributed by atoms with E-state index in [1.807, 2.05) is 37.3 Å². The van der Waals surface area contributed by atoms with Gasteiger partial charge in [0.15, 0.2) is 0 Å². The van der Waals surface area contributed by atoms with Gasteiger partial charge in [-0.1, -0.05) is 25.1 Å². The highest BCUT2D eigenvalue weighted by Gasteiger charge is 2.08. The Labute approximate surface area is 118 Å². The first-order valence-corrected chi connectivity index (χ1v) is 6.85. The lowest BCUT2D eigenvalue weighted by Gasteiger charge is -2.14. The van der Waals surface area contributed by atoms with Crippen LogP contribution < -0.4 is 10.6 Å². The summed E-state index contributed by atoms with van der Waals surface area (Å²) in [5, 5.41) is 15.5. The predicted octanol–water partition coefficient (Wildman–Crippen LogP) is 2.05. The molecule has 0 fully saturated rings. The van der Waals surface area contributed by atoms with Gasteiger partial charge in [0.25, 0.3) is 0 Å². The van der Waals surface area contributed by atoms with E-state index in [1.165, 1.54) is 0 Å². The van der Waals surface area contributed by atoms with Crippen molar-refractivity contribution in [1.29, 1.82) is 0 Å². The van der Waals surface area contributed by atoms with Crippen molar-refractivity contribution in [3.05, 3.63) is 36.1 Å². The molecule has 1 unspecified atom stereocenters. The highest BCUT2D eigenvalue weighted by atomic mass is 16.3. The number of benzene rings is 1. The molecule has 1 aromatic heterocycles. The summed E-state index contributed by atoms with van der Waals surface area (Å²) in [7, 11) is 0. The van der Waals surface area contributed by atoms with E-state index in [2.05, 4.69) is 10.6 Å². The first-order chi connectivity index (χ1) is 9.72. The number of hydrogen-bond donors (Lipinski definition) is 3. The van der Waals surface area contributed by atoms with Crippen molar-refractivity contribution < 1.29 is 14.3 Å². The Hall–Kier alpha value is -2.01. The normalized spacial score (nSPS) is 12.3. The number of aliphatic hydroxyl groups excluding tert-OH is 1. The number of fused-ring (bicyclic) bond motifs is 1. The molecular weight excluding hydrogens is 256 g/mol. The molecule has 20 heavy (non-hydrogen) atoms. The third kappa shape index (κ3) is 3.74. The minimum Gasteiger partial charge on any atom is -0.461 e. The standard InChI is InChI=1S/C15H20N2O3/c1-2-12(10-18)17-15(19)16-8-7-13-9-11-5-3-4-6-14(11)20-13/h3-6,9,12,18H,2,7-8,10H2,1H3,(H2,16,17,19). The fraction of sp³-hybridized carbons (Fsp3) is 0.400. The van der Waals surface area contributed by atoms with E-state index in [-0.39, 0.29) is 18.7 Å². The number of furan rings is 1. The van der Waals surface area contributed by atoms with E-state index in [0.717, 1.165) is 16.7 Å². The number of para-hydroxylation sites is 1. The molecule has 2 amide bonds. The van der Waals surface area contributed by atoms with Gasteiger partial charge in [0.2, 0.25) is 0 Å².